The van der Waals surface area contributed by atoms with Crippen molar-refractivity contribution >= 4 is 6.09 Å². The maximum Gasteiger partial charge on any atom is 0.407 e. The summed E-state index contributed by atoms with van der Waals surface area (Å²) in [4.78, 5) is 18.2. The van der Waals surface area contributed by atoms with Gasteiger partial charge in [0.1, 0.15) is 5.60 Å². The molecule has 2 rings (SSSR count). The molecule has 0 radical (unpaired) electrons. The fourth-order valence-electron chi connectivity index (χ4n) is 2.57. The number of alkyl carbamates (subject to hydrolysis) is 1. The van der Waals surface area contributed by atoms with Gasteiger partial charge < -0.3 is 10.1 Å². The van der Waals surface area contributed by atoms with Crippen LogP contribution in [0.25, 0.3) is 0 Å². The van der Waals surface area contributed by atoms with Crippen LogP contribution < -0.4 is 5.32 Å². The Kier molecular flexibility index (Phi) is 5.17. The van der Waals surface area contributed by atoms with Gasteiger partial charge in [-0.25, -0.2) is 4.79 Å². The Morgan fingerprint density at radius 3 is 2.81 bits per heavy atom. The first-order chi connectivity index (χ1) is 9.94. The smallest absolute Gasteiger partial charge is 0.407 e. The number of carbonyl (C=O) groups is 1. The van der Waals surface area contributed by atoms with Crippen LogP contribution in [0.5, 0.6) is 0 Å². The lowest BCUT2D eigenvalue weighted by Gasteiger charge is -2.26. The second-order valence-electron chi connectivity index (χ2n) is 6.50. The number of hydrogen-bond acceptors (Lipinski definition) is 4. The first-order valence-electron chi connectivity index (χ1n) is 7.54. The Morgan fingerprint density at radius 2 is 2.14 bits per heavy atom. The van der Waals surface area contributed by atoms with Crippen LogP contribution in [0.2, 0.25) is 0 Å². The number of likely N-dealkylation sites (tertiary alicyclic amines) is 1. The van der Waals surface area contributed by atoms with E-state index in [4.69, 9.17) is 4.74 Å². The van der Waals surface area contributed by atoms with Gasteiger partial charge in [0.15, 0.2) is 0 Å². The van der Waals surface area contributed by atoms with Gasteiger partial charge >= 0.3 is 6.09 Å². The monoisotopic (exact) mass is 291 g/mol. The number of rotatable bonds is 4. The molecule has 5 heteroatoms. The minimum Gasteiger partial charge on any atom is -0.444 e. The molecule has 1 aliphatic rings. The van der Waals surface area contributed by atoms with Gasteiger partial charge in [-0.15, -0.1) is 0 Å². The van der Waals surface area contributed by atoms with E-state index < -0.39 is 5.60 Å². The fourth-order valence-corrected chi connectivity index (χ4v) is 2.57. The highest BCUT2D eigenvalue weighted by Gasteiger charge is 2.25. The molecule has 1 unspecified atom stereocenters. The summed E-state index contributed by atoms with van der Waals surface area (Å²) in [6.45, 7) is 8.24. The number of amides is 1. The zero-order valence-corrected chi connectivity index (χ0v) is 13.1. The second kappa shape index (κ2) is 6.89. The molecule has 1 aromatic heterocycles. The third kappa shape index (κ3) is 5.34. The van der Waals surface area contributed by atoms with E-state index in [1.54, 1.807) is 0 Å². The second-order valence-corrected chi connectivity index (χ2v) is 6.50. The Bertz CT molecular complexity index is 456. The van der Waals surface area contributed by atoms with E-state index in [0.717, 1.165) is 19.5 Å². The van der Waals surface area contributed by atoms with Crippen molar-refractivity contribution in [2.24, 2.45) is 0 Å². The van der Waals surface area contributed by atoms with Crippen LogP contribution >= 0.6 is 0 Å². The lowest BCUT2D eigenvalue weighted by molar-refractivity contribution is 0.0512. The van der Waals surface area contributed by atoms with Gasteiger partial charge in [0, 0.05) is 31.5 Å². The fraction of sp³-hybridized carbons (Fsp3) is 0.625. The zero-order chi connectivity index (χ0) is 15.3. The Hall–Kier alpha value is -1.62. The topological polar surface area (TPSA) is 54.5 Å². The van der Waals surface area contributed by atoms with Crippen molar-refractivity contribution in [2.45, 2.75) is 51.8 Å². The molecule has 0 bridgehead atoms. The molecule has 0 aliphatic carbocycles. The molecule has 0 aromatic carbocycles. The summed E-state index contributed by atoms with van der Waals surface area (Å²) in [6.07, 6.45) is 5.59. The lowest BCUT2D eigenvalue weighted by atomic mass is 10.2. The first kappa shape index (κ1) is 15.8. The largest absolute Gasteiger partial charge is 0.444 e. The molecule has 1 aliphatic heterocycles. The van der Waals surface area contributed by atoms with Crippen molar-refractivity contribution in [3.63, 3.8) is 0 Å². The lowest BCUT2D eigenvalue weighted by Crippen LogP contribution is -2.41. The first-order valence-corrected chi connectivity index (χ1v) is 7.54. The molecule has 1 aromatic rings. The molecule has 1 fully saturated rings. The quantitative estimate of drug-likeness (QED) is 0.926. The van der Waals surface area contributed by atoms with Crippen LogP contribution in [0.4, 0.5) is 4.79 Å². The van der Waals surface area contributed by atoms with Crippen LogP contribution in [0.15, 0.2) is 24.5 Å². The Morgan fingerprint density at radius 1 is 1.43 bits per heavy atom. The minimum atomic E-state index is -0.448. The van der Waals surface area contributed by atoms with Crippen molar-refractivity contribution in [2.75, 3.05) is 13.1 Å². The molecule has 1 atom stereocenters. The van der Waals surface area contributed by atoms with E-state index in [1.165, 1.54) is 12.0 Å². The number of hydrogen-bond donors (Lipinski definition) is 1. The van der Waals surface area contributed by atoms with Gasteiger partial charge in [0.25, 0.3) is 0 Å². The van der Waals surface area contributed by atoms with E-state index in [2.05, 4.69) is 15.2 Å². The zero-order valence-electron chi connectivity index (χ0n) is 13.1. The average Bonchev–Trinajstić information content (AvgIpc) is 2.83. The summed E-state index contributed by atoms with van der Waals surface area (Å²) >= 11 is 0. The van der Waals surface area contributed by atoms with E-state index in [0.29, 0.717) is 12.6 Å². The third-order valence-corrected chi connectivity index (χ3v) is 3.52. The Balaban J connectivity index is 1.81. The van der Waals surface area contributed by atoms with E-state index in [-0.39, 0.29) is 6.09 Å². The highest BCUT2D eigenvalue weighted by molar-refractivity contribution is 5.67. The normalized spacial score (nSPS) is 19.5. The molecule has 116 valence electrons. The van der Waals surface area contributed by atoms with Crippen molar-refractivity contribution < 1.29 is 9.53 Å². The molecule has 5 nitrogen and oxygen atoms in total. The van der Waals surface area contributed by atoms with Gasteiger partial charge in [-0.05, 0) is 57.9 Å². The summed E-state index contributed by atoms with van der Waals surface area (Å²) in [5, 5.41) is 2.88. The van der Waals surface area contributed by atoms with Gasteiger partial charge in [-0.2, -0.15) is 0 Å². The van der Waals surface area contributed by atoms with Crippen molar-refractivity contribution in [3.05, 3.63) is 30.1 Å². The van der Waals surface area contributed by atoms with Crippen LogP contribution in [0.1, 0.15) is 39.2 Å². The number of ether oxygens (including phenoxy) is 1. The summed E-state index contributed by atoms with van der Waals surface area (Å²) < 4.78 is 5.27. The van der Waals surface area contributed by atoms with Crippen molar-refractivity contribution in [1.82, 2.24) is 15.2 Å². The van der Waals surface area contributed by atoms with Gasteiger partial charge in [0.2, 0.25) is 0 Å². The van der Waals surface area contributed by atoms with Crippen LogP contribution in [-0.4, -0.2) is 40.7 Å². The molecular formula is C16H25N3O2. The average molecular weight is 291 g/mol. The summed E-state index contributed by atoms with van der Waals surface area (Å²) in [7, 11) is 0. The Labute approximate surface area is 126 Å². The minimum absolute atomic E-state index is 0.335. The van der Waals surface area contributed by atoms with Crippen LogP contribution in [0.3, 0.4) is 0 Å². The molecular weight excluding hydrogens is 266 g/mol. The molecule has 1 amide bonds. The molecule has 1 N–H and O–H groups in total. The van der Waals surface area contributed by atoms with E-state index in [9.17, 15) is 4.79 Å². The molecule has 2 heterocycles. The number of nitrogens with one attached hydrogen (secondary N) is 1. The van der Waals surface area contributed by atoms with Crippen LogP contribution in [0, 0.1) is 0 Å². The number of pyridine rings is 1. The maximum absolute atomic E-state index is 11.7. The predicted molar refractivity (Wildman–Crippen MR) is 81.9 cm³/mol. The molecule has 21 heavy (non-hydrogen) atoms. The standard InChI is InChI=1S/C16H25N3O2/c1-16(2,3)21-15(20)18-11-14-5-4-10-19(14)12-13-6-8-17-9-7-13/h6-9,14H,4-5,10-12H2,1-3H3,(H,18,20). The third-order valence-electron chi connectivity index (χ3n) is 3.52. The van der Waals surface area contributed by atoms with E-state index in [1.807, 2.05) is 45.3 Å². The van der Waals surface area contributed by atoms with Gasteiger partial charge in [-0.1, -0.05) is 0 Å². The predicted octanol–water partition coefficient (Wildman–Crippen LogP) is 2.57. The van der Waals surface area contributed by atoms with E-state index >= 15 is 0 Å². The summed E-state index contributed by atoms with van der Waals surface area (Å²) in [5.74, 6) is 0. The number of aromatic nitrogens is 1. The SMILES string of the molecule is CC(C)(C)OC(=O)NCC1CCCN1Cc1ccncc1. The van der Waals surface area contributed by atoms with Gasteiger partial charge in [0.05, 0.1) is 0 Å². The summed E-state index contributed by atoms with van der Waals surface area (Å²) in [6, 6.07) is 4.46. The molecule has 0 saturated carbocycles. The molecule has 0 spiro atoms. The summed E-state index contributed by atoms with van der Waals surface area (Å²) in [5.41, 5.74) is 0.811. The number of nitrogens with zero attached hydrogens (tertiary/aromatic N) is 2. The van der Waals surface area contributed by atoms with Crippen molar-refractivity contribution in [3.8, 4) is 0 Å². The van der Waals surface area contributed by atoms with Gasteiger partial charge in [-0.3, -0.25) is 9.88 Å². The molecule has 1 saturated heterocycles. The highest BCUT2D eigenvalue weighted by atomic mass is 16.6. The number of carbonyl (C=O) groups excluding carboxylic acids is 1. The maximum atomic E-state index is 11.7. The van der Waals surface area contributed by atoms with Crippen molar-refractivity contribution in [1.29, 1.82) is 0 Å². The highest BCUT2D eigenvalue weighted by Crippen LogP contribution is 2.19. The van der Waals surface area contributed by atoms with Crippen LogP contribution in [-0.2, 0) is 11.3 Å².